The molecule has 0 aliphatic carbocycles. The van der Waals surface area contributed by atoms with Crippen molar-refractivity contribution >= 4 is 5.90 Å². The Morgan fingerprint density at radius 1 is 1.40 bits per heavy atom. The summed E-state index contributed by atoms with van der Waals surface area (Å²) in [6.45, 7) is 10.2. The molecule has 0 radical (unpaired) electrons. The summed E-state index contributed by atoms with van der Waals surface area (Å²) >= 11 is 0. The molecule has 0 aromatic carbocycles. The average Bonchev–Trinajstić information content (AvgIpc) is 2.43. The lowest BCUT2D eigenvalue weighted by atomic mass is 10.3. The fourth-order valence-corrected chi connectivity index (χ4v) is 1.15. The number of ether oxygens (including phenoxy) is 1. The molecule has 6 heteroatoms. The zero-order valence-electron chi connectivity index (χ0n) is 11.6. The summed E-state index contributed by atoms with van der Waals surface area (Å²) in [6, 6.07) is 0. The number of nitrogens with one attached hydrogen (secondary N) is 1. The van der Waals surface area contributed by atoms with Gasteiger partial charge < -0.3 is 4.74 Å². The average molecular weight is 283 g/mol. The van der Waals surface area contributed by atoms with Crippen LogP contribution in [0.3, 0.4) is 0 Å². The Balaban J connectivity index is 5.45. The van der Waals surface area contributed by atoms with Gasteiger partial charge in [0, 0.05) is 18.8 Å². The van der Waals surface area contributed by atoms with Crippen molar-refractivity contribution in [3.05, 3.63) is 60.6 Å². The largest absolute Gasteiger partial charge is 0.433 e. The van der Waals surface area contributed by atoms with Crippen LogP contribution >= 0.6 is 0 Å². The third-order valence-corrected chi connectivity index (χ3v) is 2.04. The summed E-state index contributed by atoms with van der Waals surface area (Å²) in [5.74, 6) is 2.78. The van der Waals surface area contributed by atoms with Gasteiger partial charge in [-0.2, -0.15) is 0 Å². The zero-order chi connectivity index (χ0) is 15.5. The number of nitrogens with zero attached hydrogens (tertiary/aromatic N) is 1. The van der Waals surface area contributed by atoms with Crippen LogP contribution in [0, 0.1) is 0 Å². The Kier molecular flexibility index (Phi) is 8.82. The third-order valence-electron chi connectivity index (χ3n) is 2.04. The van der Waals surface area contributed by atoms with Crippen LogP contribution in [0.1, 0.15) is 13.8 Å². The highest BCUT2D eigenvalue weighted by Gasteiger charge is 2.14. The molecule has 0 aromatic rings. The van der Waals surface area contributed by atoms with E-state index >= 15 is 0 Å². The molecular formula is C14H19F2N3O. The molecule has 0 bridgehead atoms. The molecule has 110 valence electrons. The Morgan fingerprint density at radius 2 is 2.05 bits per heavy atom. The van der Waals surface area contributed by atoms with Gasteiger partial charge in [-0.3, -0.25) is 11.3 Å². The molecule has 0 amide bonds. The van der Waals surface area contributed by atoms with Crippen molar-refractivity contribution in [2.45, 2.75) is 13.8 Å². The smallest absolute Gasteiger partial charge is 0.219 e. The van der Waals surface area contributed by atoms with Crippen LogP contribution < -0.4 is 11.3 Å². The second-order valence-corrected chi connectivity index (χ2v) is 3.64. The second-order valence-electron chi connectivity index (χ2n) is 3.64. The van der Waals surface area contributed by atoms with Gasteiger partial charge in [-0.05, 0) is 26.0 Å². The van der Waals surface area contributed by atoms with Crippen LogP contribution in [0.2, 0.25) is 0 Å². The molecule has 0 spiro atoms. The van der Waals surface area contributed by atoms with E-state index in [1.54, 1.807) is 6.92 Å². The number of hydrazine groups is 1. The van der Waals surface area contributed by atoms with Crippen molar-refractivity contribution in [3.8, 4) is 0 Å². The van der Waals surface area contributed by atoms with Crippen molar-refractivity contribution in [2.75, 3.05) is 6.54 Å². The summed E-state index contributed by atoms with van der Waals surface area (Å²) in [4.78, 5) is 3.80. The van der Waals surface area contributed by atoms with E-state index < -0.39 is 17.4 Å². The lowest BCUT2D eigenvalue weighted by Crippen LogP contribution is -2.24. The molecule has 0 heterocycles. The van der Waals surface area contributed by atoms with Gasteiger partial charge in [-0.25, -0.2) is 13.8 Å². The monoisotopic (exact) mass is 283 g/mol. The van der Waals surface area contributed by atoms with Gasteiger partial charge in [0.15, 0.2) is 17.4 Å². The molecule has 0 unspecified atom stereocenters. The highest BCUT2D eigenvalue weighted by molar-refractivity contribution is 5.89. The molecule has 4 nitrogen and oxygen atoms in total. The van der Waals surface area contributed by atoms with E-state index in [-0.39, 0.29) is 5.90 Å². The number of allylic oxidation sites excluding steroid dienone is 4. The van der Waals surface area contributed by atoms with Gasteiger partial charge in [-0.15, -0.1) is 0 Å². The molecule has 0 aliphatic heterocycles. The molecule has 0 aromatic heterocycles. The summed E-state index contributed by atoms with van der Waals surface area (Å²) in [7, 11) is 0. The number of hydrogen-bond acceptors (Lipinski definition) is 4. The maximum absolute atomic E-state index is 13.6. The molecule has 3 N–H and O–H groups in total. The molecule has 20 heavy (non-hydrogen) atoms. The Hall–Kier alpha value is -2.05. The number of hydrogen-bond donors (Lipinski definition) is 2. The summed E-state index contributed by atoms with van der Waals surface area (Å²) in [6.07, 6.45) is 4.61. The fourth-order valence-electron chi connectivity index (χ4n) is 1.15. The lowest BCUT2D eigenvalue weighted by Gasteiger charge is -2.09. The van der Waals surface area contributed by atoms with E-state index in [1.165, 1.54) is 19.2 Å². The minimum absolute atomic E-state index is 0.0169. The first-order chi connectivity index (χ1) is 9.49. The quantitative estimate of drug-likeness (QED) is 0.188. The van der Waals surface area contributed by atoms with Gasteiger partial charge in [0.1, 0.15) is 0 Å². The van der Waals surface area contributed by atoms with E-state index in [2.05, 4.69) is 23.6 Å². The number of rotatable bonds is 7. The number of aliphatic imine (C=N–C) groups is 1. The van der Waals surface area contributed by atoms with Crippen molar-refractivity contribution in [1.82, 2.24) is 5.43 Å². The van der Waals surface area contributed by atoms with Gasteiger partial charge in [0.2, 0.25) is 5.90 Å². The molecular weight excluding hydrogens is 264 g/mol. The first kappa shape index (κ1) is 17.9. The Morgan fingerprint density at radius 3 is 2.50 bits per heavy atom. The summed E-state index contributed by atoms with van der Waals surface area (Å²) < 4.78 is 32.3. The highest BCUT2D eigenvalue weighted by atomic mass is 19.1. The van der Waals surface area contributed by atoms with E-state index in [1.807, 2.05) is 0 Å². The summed E-state index contributed by atoms with van der Waals surface area (Å²) in [5.41, 5.74) is 3.20. The standard InChI is InChI=1S/C14H19F2N3O/c1-5-11(15)14(12(16)6-2)20-13(18-7-3)8-10(4)9-19-17/h5-8,19H,1,3,9,17H2,2,4H3/b10-8-,12-6+,14-11-,18-13?. The maximum atomic E-state index is 13.6. The van der Waals surface area contributed by atoms with Crippen LogP contribution in [-0.4, -0.2) is 12.4 Å². The molecule has 0 rings (SSSR count). The van der Waals surface area contributed by atoms with Crippen molar-refractivity contribution in [2.24, 2.45) is 10.8 Å². The predicted octanol–water partition coefficient (Wildman–Crippen LogP) is 3.20. The number of nitrogens with two attached hydrogens (primary N) is 1. The first-order valence-corrected chi connectivity index (χ1v) is 5.81. The van der Waals surface area contributed by atoms with Crippen LogP contribution in [-0.2, 0) is 4.74 Å². The van der Waals surface area contributed by atoms with E-state index in [0.29, 0.717) is 6.54 Å². The van der Waals surface area contributed by atoms with E-state index in [4.69, 9.17) is 10.6 Å². The molecule has 0 saturated heterocycles. The fraction of sp³-hybridized carbons (Fsp3) is 0.214. The SMILES string of the molecule is C=CN=C(/C=C(/C)CNN)OC(=C(\F)C=C)/C(F)=C\C. The summed E-state index contributed by atoms with van der Waals surface area (Å²) in [5, 5.41) is 0. The van der Waals surface area contributed by atoms with Crippen LogP contribution in [0.4, 0.5) is 8.78 Å². The van der Waals surface area contributed by atoms with E-state index in [0.717, 1.165) is 17.7 Å². The van der Waals surface area contributed by atoms with E-state index in [9.17, 15) is 8.78 Å². The Labute approximate surface area is 117 Å². The van der Waals surface area contributed by atoms with Crippen LogP contribution in [0.15, 0.2) is 65.6 Å². The first-order valence-electron chi connectivity index (χ1n) is 5.81. The minimum atomic E-state index is -0.930. The maximum Gasteiger partial charge on any atom is 0.219 e. The molecule has 0 atom stereocenters. The molecule has 0 saturated carbocycles. The van der Waals surface area contributed by atoms with Crippen molar-refractivity contribution in [1.29, 1.82) is 0 Å². The molecule has 0 fully saturated rings. The Bertz CT molecular complexity index is 477. The van der Waals surface area contributed by atoms with Gasteiger partial charge in [0.05, 0.1) is 0 Å². The zero-order valence-corrected chi connectivity index (χ0v) is 11.6. The highest BCUT2D eigenvalue weighted by Crippen LogP contribution is 2.20. The van der Waals surface area contributed by atoms with Crippen molar-refractivity contribution < 1.29 is 13.5 Å². The molecule has 0 aliphatic rings. The lowest BCUT2D eigenvalue weighted by molar-refractivity contribution is 0.374. The van der Waals surface area contributed by atoms with Gasteiger partial charge >= 0.3 is 0 Å². The normalized spacial score (nSPS) is 14.8. The van der Waals surface area contributed by atoms with Crippen LogP contribution in [0.25, 0.3) is 0 Å². The van der Waals surface area contributed by atoms with Crippen molar-refractivity contribution in [3.63, 3.8) is 0 Å². The number of halogens is 2. The van der Waals surface area contributed by atoms with Gasteiger partial charge in [0.25, 0.3) is 0 Å². The third kappa shape index (κ3) is 6.21. The minimum Gasteiger partial charge on any atom is -0.433 e. The van der Waals surface area contributed by atoms with Gasteiger partial charge in [-0.1, -0.05) is 18.7 Å². The topological polar surface area (TPSA) is 59.6 Å². The predicted molar refractivity (Wildman–Crippen MR) is 77.9 cm³/mol. The second kappa shape index (κ2) is 9.82. The van der Waals surface area contributed by atoms with Crippen LogP contribution in [0.5, 0.6) is 0 Å².